The van der Waals surface area contributed by atoms with Crippen LogP contribution in [0.2, 0.25) is 10.0 Å². The van der Waals surface area contributed by atoms with Crippen molar-refractivity contribution in [2.45, 2.75) is 6.54 Å². The molecular formula is C11H12BrCl2N. The Morgan fingerprint density at radius 1 is 1.27 bits per heavy atom. The molecule has 1 aliphatic heterocycles. The fraction of sp³-hybridized carbons (Fsp3) is 0.455. The second-order valence-electron chi connectivity index (χ2n) is 3.96. The van der Waals surface area contributed by atoms with Crippen molar-refractivity contribution in [2.75, 3.05) is 18.4 Å². The molecule has 1 aliphatic rings. The number of alkyl halides is 1. The summed E-state index contributed by atoms with van der Waals surface area (Å²) >= 11 is 15.3. The number of benzene rings is 1. The smallest absolute Gasteiger partial charge is 0.0595 e. The highest BCUT2D eigenvalue weighted by Crippen LogP contribution is 2.25. The first-order chi connectivity index (χ1) is 7.19. The van der Waals surface area contributed by atoms with Gasteiger partial charge in [-0.25, -0.2) is 0 Å². The molecule has 0 aliphatic carbocycles. The fourth-order valence-electron chi connectivity index (χ4n) is 1.80. The maximum absolute atomic E-state index is 5.96. The molecule has 0 saturated carbocycles. The van der Waals surface area contributed by atoms with Gasteiger partial charge in [0.15, 0.2) is 0 Å². The highest BCUT2D eigenvalue weighted by Gasteiger charge is 2.25. The first-order valence-corrected chi connectivity index (χ1v) is 6.79. The summed E-state index contributed by atoms with van der Waals surface area (Å²) in [5, 5.41) is 2.37. The molecule has 15 heavy (non-hydrogen) atoms. The van der Waals surface area contributed by atoms with E-state index >= 15 is 0 Å². The molecule has 0 spiro atoms. The molecule has 82 valence electrons. The molecule has 0 radical (unpaired) electrons. The van der Waals surface area contributed by atoms with Gasteiger partial charge >= 0.3 is 0 Å². The molecular weight excluding hydrogens is 297 g/mol. The second kappa shape index (κ2) is 5.05. The number of rotatable bonds is 3. The predicted molar refractivity (Wildman–Crippen MR) is 69.0 cm³/mol. The van der Waals surface area contributed by atoms with E-state index in [0.717, 1.165) is 17.8 Å². The third kappa shape index (κ3) is 2.88. The van der Waals surface area contributed by atoms with E-state index in [0.29, 0.717) is 10.0 Å². The summed E-state index contributed by atoms with van der Waals surface area (Å²) < 4.78 is 0. The van der Waals surface area contributed by atoms with Crippen molar-refractivity contribution in [1.29, 1.82) is 0 Å². The van der Waals surface area contributed by atoms with Crippen LogP contribution in [0.25, 0.3) is 0 Å². The lowest BCUT2D eigenvalue weighted by Crippen LogP contribution is -2.46. The van der Waals surface area contributed by atoms with Crippen LogP contribution in [0.5, 0.6) is 0 Å². The molecule has 0 atom stereocenters. The molecule has 0 bridgehead atoms. The van der Waals surface area contributed by atoms with Crippen molar-refractivity contribution < 1.29 is 0 Å². The third-order valence-electron chi connectivity index (χ3n) is 2.64. The van der Waals surface area contributed by atoms with E-state index in [2.05, 4.69) is 20.8 Å². The first-order valence-electron chi connectivity index (χ1n) is 4.91. The molecule has 0 amide bonds. The average molecular weight is 309 g/mol. The zero-order valence-corrected chi connectivity index (χ0v) is 11.3. The molecule has 1 aromatic carbocycles. The van der Waals surface area contributed by atoms with Crippen LogP contribution in [0, 0.1) is 5.92 Å². The Bertz CT molecular complexity index is 350. The fourth-order valence-corrected chi connectivity index (χ4v) is 2.53. The van der Waals surface area contributed by atoms with Crippen molar-refractivity contribution in [3.05, 3.63) is 33.8 Å². The number of halogens is 3. The largest absolute Gasteiger partial charge is 0.298 e. The molecule has 0 unspecified atom stereocenters. The van der Waals surface area contributed by atoms with E-state index in [1.54, 1.807) is 0 Å². The quantitative estimate of drug-likeness (QED) is 0.767. The van der Waals surface area contributed by atoms with E-state index in [4.69, 9.17) is 23.2 Å². The monoisotopic (exact) mass is 307 g/mol. The Kier molecular flexibility index (Phi) is 3.94. The number of likely N-dealkylation sites (tertiary alicyclic amines) is 1. The minimum absolute atomic E-state index is 0.627. The summed E-state index contributed by atoms with van der Waals surface area (Å²) in [5.74, 6) is 0.813. The number of hydrogen-bond acceptors (Lipinski definition) is 1. The van der Waals surface area contributed by atoms with Crippen LogP contribution in [-0.4, -0.2) is 23.3 Å². The van der Waals surface area contributed by atoms with Crippen molar-refractivity contribution >= 4 is 39.1 Å². The van der Waals surface area contributed by atoms with E-state index in [1.165, 1.54) is 18.7 Å². The summed E-state index contributed by atoms with van der Waals surface area (Å²) in [4.78, 5) is 2.41. The van der Waals surface area contributed by atoms with Gasteiger partial charge in [0.1, 0.15) is 0 Å². The minimum atomic E-state index is 0.627. The molecule has 1 fully saturated rings. The van der Waals surface area contributed by atoms with Gasteiger partial charge in [-0.15, -0.1) is 0 Å². The highest BCUT2D eigenvalue weighted by atomic mass is 79.9. The predicted octanol–water partition coefficient (Wildman–Crippen LogP) is 3.82. The van der Waals surface area contributed by atoms with Gasteiger partial charge in [-0.3, -0.25) is 4.90 Å². The Labute approximate surface area is 108 Å². The van der Waals surface area contributed by atoms with Crippen molar-refractivity contribution in [3.63, 3.8) is 0 Å². The molecule has 4 heteroatoms. The lowest BCUT2D eigenvalue weighted by Gasteiger charge is -2.38. The van der Waals surface area contributed by atoms with Gasteiger partial charge in [-0.05, 0) is 23.6 Å². The Morgan fingerprint density at radius 2 is 2.00 bits per heavy atom. The molecule has 0 aromatic heterocycles. The van der Waals surface area contributed by atoms with Crippen LogP contribution in [0.1, 0.15) is 5.56 Å². The molecule has 1 heterocycles. The van der Waals surface area contributed by atoms with E-state index < -0.39 is 0 Å². The van der Waals surface area contributed by atoms with Crippen molar-refractivity contribution in [2.24, 2.45) is 5.92 Å². The summed E-state index contributed by atoms with van der Waals surface area (Å²) in [6.45, 7) is 3.32. The highest BCUT2D eigenvalue weighted by molar-refractivity contribution is 9.09. The summed E-state index contributed by atoms with van der Waals surface area (Å²) in [6, 6.07) is 5.85. The van der Waals surface area contributed by atoms with Gasteiger partial charge in [0, 0.05) is 25.0 Å². The van der Waals surface area contributed by atoms with Crippen LogP contribution >= 0.6 is 39.1 Å². The zero-order valence-electron chi connectivity index (χ0n) is 8.22. The average Bonchev–Trinajstić information content (AvgIpc) is 2.16. The summed E-state index contributed by atoms with van der Waals surface area (Å²) in [6.07, 6.45) is 0. The topological polar surface area (TPSA) is 3.24 Å². The van der Waals surface area contributed by atoms with Crippen molar-refractivity contribution in [3.8, 4) is 0 Å². The minimum Gasteiger partial charge on any atom is -0.298 e. The van der Waals surface area contributed by atoms with E-state index in [1.807, 2.05) is 18.2 Å². The van der Waals surface area contributed by atoms with Gasteiger partial charge < -0.3 is 0 Å². The maximum atomic E-state index is 5.96. The summed E-state index contributed by atoms with van der Waals surface area (Å²) in [7, 11) is 0. The molecule has 1 aromatic rings. The van der Waals surface area contributed by atoms with Crippen molar-refractivity contribution in [1.82, 2.24) is 4.90 Å². The van der Waals surface area contributed by atoms with Crippen LogP contribution < -0.4 is 0 Å². The van der Waals surface area contributed by atoms with Crippen LogP contribution in [0.3, 0.4) is 0 Å². The van der Waals surface area contributed by atoms with Gasteiger partial charge in [0.2, 0.25) is 0 Å². The third-order valence-corrected chi connectivity index (χ3v) is 4.30. The number of hydrogen-bond donors (Lipinski definition) is 0. The van der Waals surface area contributed by atoms with E-state index in [9.17, 15) is 0 Å². The second-order valence-corrected chi connectivity index (χ2v) is 5.42. The van der Waals surface area contributed by atoms with Crippen LogP contribution in [0.4, 0.5) is 0 Å². The maximum Gasteiger partial charge on any atom is 0.0595 e. The molecule has 0 N–H and O–H groups in total. The summed E-state index contributed by atoms with van der Waals surface area (Å²) in [5.41, 5.74) is 1.23. The number of nitrogens with zero attached hydrogens (tertiary/aromatic N) is 1. The van der Waals surface area contributed by atoms with Crippen LogP contribution in [0.15, 0.2) is 18.2 Å². The van der Waals surface area contributed by atoms with Gasteiger partial charge in [0.25, 0.3) is 0 Å². The SMILES string of the molecule is Clc1ccc(CN2CC(CBr)C2)cc1Cl. The lowest BCUT2D eigenvalue weighted by molar-refractivity contribution is 0.108. The zero-order chi connectivity index (χ0) is 10.8. The standard InChI is InChI=1S/C11H12BrCl2N/c12-4-9-6-15(7-9)5-8-1-2-10(13)11(14)3-8/h1-3,9H,4-7H2. The first kappa shape index (κ1) is 11.7. The van der Waals surface area contributed by atoms with E-state index in [-0.39, 0.29) is 0 Å². The lowest BCUT2D eigenvalue weighted by atomic mass is 10.0. The normalized spacial score (nSPS) is 17.8. The Hall–Kier alpha value is 0.240. The van der Waals surface area contributed by atoms with Gasteiger partial charge in [-0.2, -0.15) is 0 Å². The molecule has 1 nitrogen and oxygen atoms in total. The molecule has 2 rings (SSSR count). The Morgan fingerprint density at radius 3 is 2.60 bits per heavy atom. The van der Waals surface area contributed by atoms with Gasteiger partial charge in [0.05, 0.1) is 10.0 Å². The Balaban J connectivity index is 1.92. The molecule has 1 saturated heterocycles. The van der Waals surface area contributed by atoms with Gasteiger partial charge in [-0.1, -0.05) is 45.2 Å². The van der Waals surface area contributed by atoms with Crippen LogP contribution in [-0.2, 0) is 6.54 Å².